The zero-order valence-corrected chi connectivity index (χ0v) is 12.6. The zero-order valence-electron chi connectivity index (χ0n) is 11.7. The molecule has 108 valence electrons. The SMILES string of the molecule is NC(CCOc1ccccc1)Cc1nc2ccccc2s1. The van der Waals surface area contributed by atoms with E-state index < -0.39 is 0 Å². The largest absolute Gasteiger partial charge is 0.494 e. The Hall–Kier alpha value is -1.91. The Balaban J connectivity index is 1.50. The summed E-state index contributed by atoms with van der Waals surface area (Å²) in [5, 5.41) is 1.10. The number of para-hydroxylation sites is 2. The van der Waals surface area contributed by atoms with Crippen LogP contribution in [0.25, 0.3) is 10.2 Å². The van der Waals surface area contributed by atoms with E-state index in [0.717, 1.165) is 29.1 Å². The highest BCUT2D eigenvalue weighted by Gasteiger charge is 2.09. The van der Waals surface area contributed by atoms with Gasteiger partial charge in [0.2, 0.25) is 0 Å². The molecule has 0 fully saturated rings. The van der Waals surface area contributed by atoms with Crippen LogP contribution in [-0.2, 0) is 6.42 Å². The van der Waals surface area contributed by atoms with Gasteiger partial charge in [-0.2, -0.15) is 0 Å². The average molecular weight is 298 g/mol. The van der Waals surface area contributed by atoms with Crippen molar-refractivity contribution in [3.05, 3.63) is 59.6 Å². The lowest BCUT2D eigenvalue weighted by Gasteiger charge is -2.11. The van der Waals surface area contributed by atoms with Crippen molar-refractivity contribution in [3.8, 4) is 5.75 Å². The van der Waals surface area contributed by atoms with Crippen LogP contribution in [-0.4, -0.2) is 17.6 Å². The van der Waals surface area contributed by atoms with Crippen LogP contribution in [0.3, 0.4) is 0 Å². The fourth-order valence-electron chi connectivity index (χ4n) is 2.18. The third-order valence-electron chi connectivity index (χ3n) is 3.28. The van der Waals surface area contributed by atoms with Gasteiger partial charge in [0.25, 0.3) is 0 Å². The molecular weight excluding hydrogens is 280 g/mol. The van der Waals surface area contributed by atoms with Crippen LogP contribution in [0.15, 0.2) is 54.6 Å². The summed E-state index contributed by atoms with van der Waals surface area (Å²) >= 11 is 1.72. The molecule has 0 spiro atoms. The fraction of sp³-hybridized carbons (Fsp3) is 0.235. The maximum absolute atomic E-state index is 6.18. The lowest BCUT2D eigenvalue weighted by Crippen LogP contribution is -2.25. The average Bonchev–Trinajstić information content (AvgIpc) is 2.90. The van der Waals surface area contributed by atoms with Crippen molar-refractivity contribution in [1.82, 2.24) is 4.98 Å². The third-order valence-corrected chi connectivity index (χ3v) is 4.33. The molecular formula is C17H18N2OS. The summed E-state index contributed by atoms with van der Waals surface area (Å²) in [5.41, 5.74) is 7.24. The molecule has 4 heteroatoms. The maximum atomic E-state index is 6.18. The standard InChI is InChI=1S/C17H18N2OS/c18-13(10-11-20-14-6-2-1-3-7-14)12-17-19-15-8-4-5-9-16(15)21-17/h1-9,13H,10-12,18H2. The van der Waals surface area contributed by atoms with Crippen molar-refractivity contribution in [3.63, 3.8) is 0 Å². The first-order valence-electron chi connectivity index (χ1n) is 7.09. The number of nitrogens with zero attached hydrogens (tertiary/aromatic N) is 1. The van der Waals surface area contributed by atoms with Crippen LogP contribution in [0.4, 0.5) is 0 Å². The number of hydrogen-bond acceptors (Lipinski definition) is 4. The van der Waals surface area contributed by atoms with E-state index in [-0.39, 0.29) is 6.04 Å². The predicted molar refractivity (Wildman–Crippen MR) is 87.9 cm³/mol. The summed E-state index contributed by atoms with van der Waals surface area (Å²) in [7, 11) is 0. The summed E-state index contributed by atoms with van der Waals surface area (Å²) in [6.45, 7) is 0.635. The van der Waals surface area contributed by atoms with Gasteiger partial charge in [-0.3, -0.25) is 0 Å². The monoisotopic (exact) mass is 298 g/mol. The molecule has 1 atom stereocenters. The van der Waals surface area contributed by atoms with E-state index in [0.29, 0.717) is 6.61 Å². The van der Waals surface area contributed by atoms with Crippen LogP contribution in [0, 0.1) is 0 Å². The Morgan fingerprint density at radius 3 is 2.62 bits per heavy atom. The highest BCUT2D eigenvalue weighted by molar-refractivity contribution is 7.18. The first kappa shape index (κ1) is 14.0. The van der Waals surface area contributed by atoms with Gasteiger partial charge in [0.05, 0.1) is 21.8 Å². The minimum Gasteiger partial charge on any atom is -0.494 e. The zero-order chi connectivity index (χ0) is 14.5. The minimum atomic E-state index is 0.0780. The molecule has 0 radical (unpaired) electrons. The Bertz CT molecular complexity index is 663. The van der Waals surface area contributed by atoms with Gasteiger partial charge < -0.3 is 10.5 Å². The van der Waals surface area contributed by atoms with Gasteiger partial charge >= 0.3 is 0 Å². The number of rotatable bonds is 6. The smallest absolute Gasteiger partial charge is 0.119 e. The highest BCUT2D eigenvalue weighted by atomic mass is 32.1. The number of hydrogen-bond donors (Lipinski definition) is 1. The molecule has 0 amide bonds. The molecule has 21 heavy (non-hydrogen) atoms. The number of benzene rings is 2. The normalized spacial score (nSPS) is 12.4. The molecule has 1 unspecified atom stereocenters. The van der Waals surface area contributed by atoms with Crippen molar-refractivity contribution >= 4 is 21.6 Å². The summed E-state index contributed by atoms with van der Waals surface area (Å²) in [5.74, 6) is 0.893. The molecule has 0 aliphatic heterocycles. The molecule has 2 N–H and O–H groups in total. The molecule has 0 aliphatic rings. The predicted octanol–water partition coefficient (Wildman–Crippen LogP) is 3.64. The van der Waals surface area contributed by atoms with Crippen LogP contribution >= 0.6 is 11.3 Å². The summed E-state index contributed by atoms with van der Waals surface area (Å²) in [6.07, 6.45) is 1.63. The van der Waals surface area contributed by atoms with E-state index in [1.807, 2.05) is 48.5 Å². The van der Waals surface area contributed by atoms with Crippen LogP contribution in [0.5, 0.6) is 5.75 Å². The highest BCUT2D eigenvalue weighted by Crippen LogP contribution is 2.22. The first-order valence-corrected chi connectivity index (χ1v) is 7.91. The summed E-state index contributed by atoms with van der Waals surface area (Å²) < 4.78 is 6.90. The van der Waals surface area contributed by atoms with E-state index >= 15 is 0 Å². The Morgan fingerprint density at radius 1 is 1.05 bits per heavy atom. The molecule has 3 aromatic rings. The second kappa shape index (κ2) is 6.70. The second-order valence-corrected chi connectivity index (χ2v) is 6.10. The molecule has 0 saturated heterocycles. The topological polar surface area (TPSA) is 48.1 Å². The van der Waals surface area contributed by atoms with E-state index in [9.17, 15) is 0 Å². The van der Waals surface area contributed by atoms with E-state index in [2.05, 4.69) is 11.1 Å². The minimum absolute atomic E-state index is 0.0780. The maximum Gasteiger partial charge on any atom is 0.119 e. The van der Waals surface area contributed by atoms with E-state index in [1.54, 1.807) is 11.3 Å². The Kier molecular flexibility index (Phi) is 4.48. The lowest BCUT2D eigenvalue weighted by atomic mass is 10.2. The van der Waals surface area contributed by atoms with Crippen molar-refractivity contribution in [1.29, 1.82) is 0 Å². The van der Waals surface area contributed by atoms with Gasteiger partial charge in [-0.1, -0.05) is 30.3 Å². The van der Waals surface area contributed by atoms with Crippen molar-refractivity contribution in [2.45, 2.75) is 18.9 Å². The Morgan fingerprint density at radius 2 is 1.81 bits per heavy atom. The van der Waals surface area contributed by atoms with Crippen molar-refractivity contribution in [2.24, 2.45) is 5.73 Å². The summed E-state index contributed by atoms with van der Waals surface area (Å²) in [6, 6.07) is 18.1. The van der Waals surface area contributed by atoms with Gasteiger partial charge in [-0.25, -0.2) is 4.98 Å². The first-order chi connectivity index (χ1) is 10.3. The van der Waals surface area contributed by atoms with Crippen LogP contribution in [0.1, 0.15) is 11.4 Å². The Labute approximate surface area is 128 Å². The van der Waals surface area contributed by atoms with Gasteiger partial charge in [-0.05, 0) is 30.7 Å². The molecule has 1 aromatic heterocycles. The molecule has 1 heterocycles. The van der Waals surface area contributed by atoms with Gasteiger partial charge in [0, 0.05) is 12.5 Å². The third kappa shape index (κ3) is 3.80. The number of aromatic nitrogens is 1. The van der Waals surface area contributed by atoms with Crippen molar-refractivity contribution in [2.75, 3.05) is 6.61 Å². The summed E-state index contributed by atoms with van der Waals surface area (Å²) in [4.78, 5) is 4.62. The van der Waals surface area contributed by atoms with E-state index in [1.165, 1.54) is 4.70 Å². The second-order valence-electron chi connectivity index (χ2n) is 4.99. The quantitative estimate of drug-likeness (QED) is 0.756. The fourth-order valence-corrected chi connectivity index (χ4v) is 3.24. The van der Waals surface area contributed by atoms with Gasteiger partial charge in [-0.15, -0.1) is 11.3 Å². The van der Waals surface area contributed by atoms with Crippen molar-refractivity contribution < 1.29 is 4.74 Å². The number of ether oxygens (including phenoxy) is 1. The molecule has 3 nitrogen and oxygen atoms in total. The van der Waals surface area contributed by atoms with Crippen LogP contribution in [0.2, 0.25) is 0 Å². The van der Waals surface area contributed by atoms with E-state index in [4.69, 9.17) is 10.5 Å². The van der Waals surface area contributed by atoms with Crippen LogP contribution < -0.4 is 10.5 Å². The number of thiazole rings is 1. The van der Waals surface area contributed by atoms with Gasteiger partial charge in [0.1, 0.15) is 5.75 Å². The molecule has 0 bridgehead atoms. The lowest BCUT2D eigenvalue weighted by molar-refractivity contribution is 0.297. The molecule has 0 aliphatic carbocycles. The molecule has 3 rings (SSSR count). The number of nitrogens with two attached hydrogens (primary N) is 1. The molecule has 2 aromatic carbocycles. The van der Waals surface area contributed by atoms with Gasteiger partial charge in [0.15, 0.2) is 0 Å². The molecule has 0 saturated carbocycles. The number of fused-ring (bicyclic) bond motifs is 1.